The average molecular weight is 361 g/mol. The van der Waals surface area contributed by atoms with Crippen LogP contribution >= 0.6 is 22.7 Å². The Balaban J connectivity index is 1.61. The number of fused-ring (bicyclic) bond motifs is 3. The van der Waals surface area contributed by atoms with Gasteiger partial charge in [-0.3, -0.25) is 4.79 Å². The molecule has 2 N–H and O–H groups in total. The lowest BCUT2D eigenvalue weighted by molar-refractivity contribution is -0.908. The molecule has 24 heavy (non-hydrogen) atoms. The molecule has 0 bridgehead atoms. The summed E-state index contributed by atoms with van der Waals surface area (Å²) < 4.78 is 0. The lowest BCUT2D eigenvalue weighted by Crippen LogP contribution is -3.06. The van der Waals surface area contributed by atoms with Crippen LogP contribution in [-0.2, 0) is 25.9 Å². The zero-order chi connectivity index (χ0) is 16.7. The number of quaternary nitrogens is 1. The molecule has 1 aliphatic carbocycles. The maximum Gasteiger partial charge on any atom is 0.260 e. The van der Waals surface area contributed by atoms with Gasteiger partial charge in [-0.25, -0.2) is 4.98 Å². The Labute approximate surface area is 149 Å². The third-order valence-corrected chi connectivity index (χ3v) is 6.98. The first-order valence-electron chi connectivity index (χ1n) is 8.49. The van der Waals surface area contributed by atoms with Gasteiger partial charge in [0.05, 0.1) is 17.3 Å². The highest BCUT2D eigenvalue weighted by Gasteiger charge is 2.20. The predicted molar refractivity (Wildman–Crippen MR) is 100 cm³/mol. The van der Waals surface area contributed by atoms with E-state index < -0.39 is 0 Å². The van der Waals surface area contributed by atoms with Crippen LogP contribution < -0.4 is 10.5 Å². The standard InChI is InChI=1S/C18H21N3OS2/c1-11-7-8-23-14(11)9-21(2)10-15-19-17(22)16-12-5-3-4-6-13(12)24-18(16)20-15/h7-8H,3-6,9-10H2,1-2H3,(H,19,20,22)/p+1. The van der Waals surface area contributed by atoms with Gasteiger partial charge in [0.2, 0.25) is 0 Å². The van der Waals surface area contributed by atoms with E-state index in [4.69, 9.17) is 4.98 Å². The predicted octanol–water partition coefficient (Wildman–Crippen LogP) is 2.45. The third-order valence-electron chi connectivity index (χ3n) is 4.77. The Kier molecular flexibility index (Phi) is 4.28. The summed E-state index contributed by atoms with van der Waals surface area (Å²) in [5, 5.41) is 2.99. The second-order valence-corrected chi connectivity index (χ2v) is 8.83. The molecule has 3 heterocycles. The topological polar surface area (TPSA) is 50.2 Å². The van der Waals surface area contributed by atoms with Crippen LogP contribution in [0.3, 0.4) is 0 Å². The summed E-state index contributed by atoms with van der Waals surface area (Å²) in [6, 6.07) is 2.16. The van der Waals surface area contributed by atoms with E-state index >= 15 is 0 Å². The van der Waals surface area contributed by atoms with Crippen LogP contribution in [0.15, 0.2) is 16.2 Å². The molecule has 0 amide bonds. The zero-order valence-electron chi connectivity index (χ0n) is 14.1. The molecule has 0 radical (unpaired) electrons. The van der Waals surface area contributed by atoms with E-state index in [2.05, 4.69) is 30.4 Å². The lowest BCUT2D eigenvalue weighted by atomic mass is 9.97. The molecule has 3 aromatic heterocycles. The molecule has 0 aromatic carbocycles. The van der Waals surface area contributed by atoms with Crippen molar-refractivity contribution in [2.45, 2.75) is 45.7 Å². The fraction of sp³-hybridized carbons (Fsp3) is 0.444. The maximum absolute atomic E-state index is 12.6. The zero-order valence-corrected chi connectivity index (χ0v) is 15.7. The van der Waals surface area contributed by atoms with E-state index in [-0.39, 0.29) is 5.56 Å². The number of thiophene rings is 2. The minimum absolute atomic E-state index is 0.0505. The van der Waals surface area contributed by atoms with Gasteiger partial charge in [0, 0.05) is 4.88 Å². The Morgan fingerprint density at radius 2 is 2.12 bits per heavy atom. The molecule has 4 nitrogen and oxygen atoms in total. The first-order chi connectivity index (χ1) is 11.6. The van der Waals surface area contributed by atoms with Crippen LogP contribution in [0.5, 0.6) is 0 Å². The summed E-state index contributed by atoms with van der Waals surface area (Å²) in [6.45, 7) is 3.86. The molecule has 6 heteroatoms. The molecule has 3 aromatic rings. The van der Waals surface area contributed by atoms with Crippen molar-refractivity contribution in [1.29, 1.82) is 0 Å². The normalized spacial score (nSPS) is 15.6. The molecule has 0 saturated carbocycles. The number of aromatic amines is 1. The molecule has 1 atom stereocenters. The number of nitrogens with zero attached hydrogens (tertiary/aromatic N) is 1. The maximum atomic E-state index is 12.6. The molecule has 0 fully saturated rings. The van der Waals surface area contributed by atoms with Crippen molar-refractivity contribution in [3.63, 3.8) is 0 Å². The molecule has 0 aliphatic heterocycles. The van der Waals surface area contributed by atoms with E-state index in [0.717, 1.165) is 42.0 Å². The number of nitrogens with one attached hydrogen (secondary N) is 2. The van der Waals surface area contributed by atoms with Crippen LogP contribution in [0.4, 0.5) is 0 Å². The molecule has 1 aliphatic rings. The number of aromatic nitrogens is 2. The largest absolute Gasteiger partial charge is 0.327 e. The van der Waals surface area contributed by atoms with Crippen LogP contribution in [0.2, 0.25) is 0 Å². The highest BCUT2D eigenvalue weighted by molar-refractivity contribution is 7.18. The van der Waals surface area contributed by atoms with Crippen molar-refractivity contribution in [2.75, 3.05) is 7.05 Å². The van der Waals surface area contributed by atoms with Crippen molar-refractivity contribution in [1.82, 2.24) is 9.97 Å². The summed E-state index contributed by atoms with van der Waals surface area (Å²) >= 11 is 3.53. The summed E-state index contributed by atoms with van der Waals surface area (Å²) in [5.74, 6) is 0.804. The highest BCUT2D eigenvalue weighted by Crippen LogP contribution is 2.33. The molecular weight excluding hydrogens is 338 g/mol. The van der Waals surface area contributed by atoms with E-state index in [1.807, 2.05) is 0 Å². The first kappa shape index (κ1) is 16.0. The number of aryl methyl sites for hydroxylation is 3. The van der Waals surface area contributed by atoms with Crippen molar-refractivity contribution in [2.24, 2.45) is 0 Å². The van der Waals surface area contributed by atoms with Crippen LogP contribution in [0.25, 0.3) is 10.2 Å². The summed E-state index contributed by atoms with van der Waals surface area (Å²) in [5.41, 5.74) is 2.66. The molecule has 126 valence electrons. The van der Waals surface area contributed by atoms with Gasteiger partial charge in [0.25, 0.3) is 5.56 Å². The third kappa shape index (κ3) is 2.94. The molecule has 0 spiro atoms. The van der Waals surface area contributed by atoms with Crippen molar-refractivity contribution < 1.29 is 4.90 Å². The van der Waals surface area contributed by atoms with Crippen molar-refractivity contribution in [3.05, 3.63) is 48.5 Å². The highest BCUT2D eigenvalue weighted by atomic mass is 32.1. The molecule has 1 unspecified atom stereocenters. The Bertz CT molecular complexity index is 938. The van der Waals surface area contributed by atoms with Crippen molar-refractivity contribution >= 4 is 32.9 Å². The number of hydrogen-bond donors (Lipinski definition) is 2. The Hall–Kier alpha value is -1.50. The van der Waals surface area contributed by atoms with E-state index in [1.165, 1.54) is 38.6 Å². The summed E-state index contributed by atoms with van der Waals surface area (Å²) in [4.78, 5) is 25.5. The molecular formula is C18H22N3OS2+. The van der Waals surface area contributed by atoms with Gasteiger partial charge in [0.1, 0.15) is 17.9 Å². The minimum atomic E-state index is 0.0505. The van der Waals surface area contributed by atoms with Gasteiger partial charge in [0.15, 0.2) is 5.82 Å². The Morgan fingerprint density at radius 1 is 1.29 bits per heavy atom. The minimum Gasteiger partial charge on any atom is -0.327 e. The molecule has 4 rings (SSSR count). The van der Waals surface area contributed by atoms with Gasteiger partial charge < -0.3 is 9.88 Å². The van der Waals surface area contributed by atoms with Crippen molar-refractivity contribution in [3.8, 4) is 0 Å². The SMILES string of the molecule is Cc1ccsc1C[NH+](C)Cc1nc2sc3c(c2c(=O)[nH]1)CCCC3. The number of rotatable bonds is 4. The van der Waals surface area contributed by atoms with Gasteiger partial charge in [-0.05, 0) is 55.2 Å². The van der Waals surface area contributed by atoms with Gasteiger partial charge in [-0.1, -0.05) is 0 Å². The second-order valence-electron chi connectivity index (χ2n) is 6.74. The first-order valence-corrected chi connectivity index (χ1v) is 10.2. The van der Waals surface area contributed by atoms with E-state index in [1.54, 1.807) is 22.7 Å². The van der Waals surface area contributed by atoms with Crippen LogP contribution in [0, 0.1) is 6.92 Å². The summed E-state index contributed by atoms with van der Waals surface area (Å²) in [7, 11) is 2.16. The number of hydrogen-bond acceptors (Lipinski definition) is 4. The fourth-order valence-corrected chi connectivity index (χ4v) is 5.80. The van der Waals surface area contributed by atoms with Crippen LogP contribution in [0.1, 0.15) is 39.5 Å². The van der Waals surface area contributed by atoms with Gasteiger partial charge >= 0.3 is 0 Å². The average Bonchev–Trinajstić information content (AvgIpc) is 3.10. The van der Waals surface area contributed by atoms with E-state index in [0.29, 0.717) is 0 Å². The van der Waals surface area contributed by atoms with Crippen LogP contribution in [-0.4, -0.2) is 17.0 Å². The lowest BCUT2D eigenvalue weighted by Gasteiger charge is -2.13. The molecule has 0 saturated heterocycles. The monoisotopic (exact) mass is 360 g/mol. The fourth-order valence-electron chi connectivity index (χ4n) is 3.50. The van der Waals surface area contributed by atoms with E-state index in [9.17, 15) is 4.79 Å². The smallest absolute Gasteiger partial charge is 0.260 e. The summed E-state index contributed by atoms with van der Waals surface area (Å²) in [6.07, 6.45) is 4.56. The second kappa shape index (κ2) is 6.43. The van der Waals surface area contributed by atoms with Gasteiger partial charge in [-0.2, -0.15) is 0 Å². The Morgan fingerprint density at radius 3 is 2.92 bits per heavy atom. The van der Waals surface area contributed by atoms with Gasteiger partial charge in [-0.15, -0.1) is 22.7 Å². The number of H-pyrrole nitrogens is 1. The quantitative estimate of drug-likeness (QED) is 0.751.